The molecule has 0 bridgehead atoms. The smallest absolute Gasteiger partial charge is 0.289 e. The van der Waals surface area contributed by atoms with Gasteiger partial charge in [0.2, 0.25) is 5.91 Å². The van der Waals surface area contributed by atoms with Crippen molar-refractivity contribution in [3.05, 3.63) is 53.2 Å². The van der Waals surface area contributed by atoms with E-state index < -0.39 is 0 Å². The minimum absolute atomic E-state index is 0.0281. The maximum Gasteiger partial charge on any atom is 0.289 e. The van der Waals surface area contributed by atoms with Crippen LogP contribution in [0.2, 0.25) is 0 Å². The molecule has 1 fully saturated rings. The van der Waals surface area contributed by atoms with Crippen molar-refractivity contribution in [1.82, 2.24) is 19.8 Å². The number of aromatic nitrogens is 2. The Morgan fingerprint density at radius 3 is 2.66 bits per heavy atom. The summed E-state index contributed by atoms with van der Waals surface area (Å²) in [6.07, 6.45) is 1.77. The second-order valence-corrected chi connectivity index (χ2v) is 8.65. The van der Waals surface area contributed by atoms with Gasteiger partial charge in [-0.3, -0.25) is 9.59 Å². The van der Waals surface area contributed by atoms with Crippen LogP contribution < -0.4 is 4.90 Å². The summed E-state index contributed by atoms with van der Waals surface area (Å²) in [6.45, 7) is 4.61. The lowest BCUT2D eigenvalue weighted by Crippen LogP contribution is -2.30. The summed E-state index contributed by atoms with van der Waals surface area (Å²) in [6, 6.07) is 9.36. The Kier molecular flexibility index (Phi) is 5.86. The zero-order chi connectivity index (χ0) is 23.0. The van der Waals surface area contributed by atoms with Crippen LogP contribution in [0.25, 0.3) is 11.0 Å². The normalized spacial score (nSPS) is 15.9. The molecule has 1 saturated heterocycles. The molecular weight excluding hydrogens is 406 g/mol. The third-order valence-corrected chi connectivity index (χ3v) is 5.82. The first kappa shape index (κ1) is 21.8. The number of hydrogen-bond acceptors (Lipinski definition) is 6. The van der Waals surface area contributed by atoms with Gasteiger partial charge in [0, 0.05) is 46.1 Å². The molecule has 8 heteroatoms. The predicted octanol–water partition coefficient (Wildman–Crippen LogP) is 3.55. The highest BCUT2D eigenvalue weighted by atomic mass is 16.3. The summed E-state index contributed by atoms with van der Waals surface area (Å²) in [4.78, 5) is 39.8. The predicted molar refractivity (Wildman–Crippen MR) is 122 cm³/mol. The van der Waals surface area contributed by atoms with Crippen LogP contribution in [0, 0.1) is 6.92 Å². The van der Waals surface area contributed by atoms with Crippen LogP contribution in [0.4, 0.5) is 5.82 Å². The topological polar surface area (TPSA) is 82.8 Å². The van der Waals surface area contributed by atoms with Crippen LogP contribution in [0.3, 0.4) is 0 Å². The van der Waals surface area contributed by atoms with Gasteiger partial charge in [0.15, 0.2) is 11.6 Å². The average Bonchev–Trinajstić information content (AvgIpc) is 3.39. The number of aryl methyl sites for hydroxylation is 1. The highest BCUT2D eigenvalue weighted by molar-refractivity contribution is 5.96. The standard InChI is InChI=1S/C24H29N5O3/c1-15-8-9-20-17(11-15)12-21(32-20)24(31)28(5)14-18-13-22(27(3)4)26-23(25-18)19-7-6-10-29(19)16(2)30/h8-9,11-13,19H,6-7,10,14H2,1-5H3/t19-/m0/s1. The molecular formula is C24H29N5O3. The Morgan fingerprint density at radius 1 is 1.16 bits per heavy atom. The molecule has 0 aliphatic carbocycles. The quantitative estimate of drug-likeness (QED) is 0.610. The monoisotopic (exact) mass is 435 g/mol. The van der Waals surface area contributed by atoms with E-state index in [0.29, 0.717) is 23.7 Å². The van der Waals surface area contributed by atoms with Crippen molar-refractivity contribution >= 4 is 28.6 Å². The van der Waals surface area contributed by atoms with Crippen LogP contribution in [-0.2, 0) is 11.3 Å². The summed E-state index contributed by atoms with van der Waals surface area (Å²) >= 11 is 0. The van der Waals surface area contributed by atoms with E-state index in [1.54, 1.807) is 24.9 Å². The second-order valence-electron chi connectivity index (χ2n) is 8.65. The van der Waals surface area contributed by atoms with Crippen molar-refractivity contribution in [2.24, 2.45) is 0 Å². The number of likely N-dealkylation sites (tertiary alicyclic amines) is 1. The number of nitrogens with zero attached hydrogens (tertiary/aromatic N) is 5. The van der Waals surface area contributed by atoms with Gasteiger partial charge in [-0.2, -0.15) is 0 Å². The number of hydrogen-bond donors (Lipinski definition) is 0. The van der Waals surface area contributed by atoms with Gasteiger partial charge in [-0.05, 0) is 38.0 Å². The number of furan rings is 1. The van der Waals surface area contributed by atoms with Crippen molar-refractivity contribution < 1.29 is 14.0 Å². The summed E-state index contributed by atoms with van der Waals surface area (Å²) in [5, 5.41) is 0.909. The highest BCUT2D eigenvalue weighted by Gasteiger charge is 2.31. The van der Waals surface area contributed by atoms with Gasteiger partial charge in [0.1, 0.15) is 11.4 Å². The van der Waals surface area contributed by atoms with E-state index in [9.17, 15) is 9.59 Å². The number of rotatable bonds is 5. The molecule has 168 valence electrons. The van der Waals surface area contributed by atoms with Crippen molar-refractivity contribution in [2.75, 3.05) is 32.6 Å². The highest BCUT2D eigenvalue weighted by Crippen LogP contribution is 2.31. The Labute approximate surface area is 187 Å². The molecule has 1 atom stereocenters. The van der Waals surface area contributed by atoms with Gasteiger partial charge in [0.25, 0.3) is 5.91 Å². The third kappa shape index (κ3) is 4.30. The van der Waals surface area contributed by atoms with Crippen molar-refractivity contribution in [3.8, 4) is 0 Å². The number of anilines is 1. The van der Waals surface area contributed by atoms with Gasteiger partial charge in [0.05, 0.1) is 18.3 Å². The lowest BCUT2D eigenvalue weighted by molar-refractivity contribution is -0.129. The molecule has 1 aliphatic heterocycles. The first-order valence-corrected chi connectivity index (χ1v) is 10.8. The van der Waals surface area contributed by atoms with Gasteiger partial charge < -0.3 is 19.1 Å². The largest absolute Gasteiger partial charge is 0.451 e. The number of carbonyl (C=O) groups excluding carboxylic acids is 2. The lowest BCUT2D eigenvalue weighted by Gasteiger charge is -2.24. The zero-order valence-electron chi connectivity index (χ0n) is 19.3. The Bertz CT molecular complexity index is 1170. The molecule has 3 aromatic rings. The van der Waals surface area contributed by atoms with E-state index in [2.05, 4.69) is 0 Å². The van der Waals surface area contributed by atoms with Crippen LogP contribution in [0.15, 0.2) is 34.7 Å². The maximum atomic E-state index is 13.0. The lowest BCUT2D eigenvalue weighted by atomic mass is 10.2. The first-order chi connectivity index (χ1) is 15.2. The second kappa shape index (κ2) is 8.61. The zero-order valence-corrected chi connectivity index (χ0v) is 19.3. The summed E-state index contributed by atoms with van der Waals surface area (Å²) in [5.74, 6) is 1.49. The van der Waals surface area contributed by atoms with Crippen molar-refractivity contribution in [3.63, 3.8) is 0 Å². The Hall–Kier alpha value is -3.42. The third-order valence-electron chi connectivity index (χ3n) is 5.82. The van der Waals surface area contributed by atoms with Crippen molar-refractivity contribution in [2.45, 2.75) is 39.3 Å². The van der Waals surface area contributed by atoms with E-state index in [-0.39, 0.29) is 17.9 Å². The van der Waals surface area contributed by atoms with Gasteiger partial charge in [-0.15, -0.1) is 0 Å². The van der Waals surface area contributed by atoms with Crippen LogP contribution in [0.1, 0.15) is 53.4 Å². The summed E-state index contributed by atoms with van der Waals surface area (Å²) in [5.41, 5.74) is 2.52. The number of amides is 2. The van der Waals surface area contributed by atoms with E-state index >= 15 is 0 Å². The molecule has 1 aliphatic rings. The molecule has 0 radical (unpaired) electrons. The molecule has 32 heavy (non-hydrogen) atoms. The number of carbonyl (C=O) groups is 2. The van der Waals surface area contributed by atoms with E-state index in [1.165, 1.54) is 0 Å². The first-order valence-electron chi connectivity index (χ1n) is 10.8. The van der Waals surface area contributed by atoms with Crippen LogP contribution >= 0.6 is 0 Å². The molecule has 0 spiro atoms. The fraction of sp³-hybridized carbons (Fsp3) is 0.417. The van der Waals surface area contributed by atoms with Gasteiger partial charge >= 0.3 is 0 Å². The molecule has 1 aromatic carbocycles. The van der Waals surface area contributed by atoms with E-state index in [4.69, 9.17) is 14.4 Å². The average molecular weight is 436 g/mol. The fourth-order valence-electron chi connectivity index (χ4n) is 4.15. The summed E-state index contributed by atoms with van der Waals surface area (Å²) < 4.78 is 5.77. The van der Waals surface area contributed by atoms with Crippen LogP contribution in [-0.4, -0.2) is 59.3 Å². The number of benzene rings is 1. The Balaban J connectivity index is 1.60. The molecule has 4 rings (SSSR count). The molecule has 0 unspecified atom stereocenters. The van der Waals surface area contributed by atoms with Crippen molar-refractivity contribution in [1.29, 1.82) is 0 Å². The van der Waals surface area contributed by atoms with Crippen LogP contribution in [0.5, 0.6) is 0 Å². The minimum Gasteiger partial charge on any atom is -0.451 e. The molecule has 0 N–H and O–H groups in total. The SMILES string of the molecule is CC(=O)N1CCC[C@H]1c1nc(CN(C)C(=O)c2cc3cc(C)ccc3o2)cc(N(C)C)n1. The maximum absolute atomic E-state index is 13.0. The van der Waals surface area contributed by atoms with Gasteiger partial charge in [-0.25, -0.2) is 9.97 Å². The van der Waals surface area contributed by atoms with Gasteiger partial charge in [-0.1, -0.05) is 11.6 Å². The van der Waals surface area contributed by atoms with E-state index in [0.717, 1.165) is 41.8 Å². The molecule has 2 amide bonds. The molecule has 8 nitrogen and oxygen atoms in total. The fourth-order valence-corrected chi connectivity index (χ4v) is 4.15. The minimum atomic E-state index is -0.211. The summed E-state index contributed by atoms with van der Waals surface area (Å²) in [7, 11) is 5.56. The number of fused-ring (bicyclic) bond motifs is 1. The molecule has 2 aromatic heterocycles. The molecule has 0 saturated carbocycles. The Morgan fingerprint density at radius 2 is 1.94 bits per heavy atom. The molecule has 3 heterocycles. The van der Waals surface area contributed by atoms with E-state index in [1.807, 2.05) is 55.1 Å².